The molecular weight excluding hydrogens is 424 g/mol. The van der Waals surface area contributed by atoms with Crippen molar-refractivity contribution in [3.05, 3.63) is 120 Å². The molecule has 34 heavy (non-hydrogen) atoms. The minimum absolute atomic E-state index is 0.501. The van der Waals surface area contributed by atoms with E-state index < -0.39 is 0 Å². The van der Waals surface area contributed by atoms with Gasteiger partial charge in [0.05, 0.1) is 26.4 Å². The monoisotopic (exact) mass is 453 g/mol. The standard InChI is InChI=1S/C30H29O4/c1-3-7-25(8-4-1)23-31-19-21-33-29-15-11-27(12-16-29)28-13-17-30(18-14-28)34-22-20-32-24-26-9-5-2-6-10-26/h1-13,15-18H,19-24H2. The molecule has 0 aliphatic heterocycles. The molecular formula is C30H29O4. The van der Waals surface area contributed by atoms with Crippen LogP contribution in [0.4, 0.5) is 0 Å². The molecule has 0 heterocycles. The fourth-order valence-corrected chi connectivity index (χ4v) is 3.38. The van der Waals surface area contributed by atoms with Crippen LogP contribution in [-0.2, 0) is 22.7 Å². The lowest BCUT2D eigenvalue weighted by Crippen LogP contribution is -2.06. The maximum atomic E-state index is 5.78. The van der Waals surface area contributed by atoms with E-state index in [1.807, 2.05) is 78.9 Å². The Bertz CT molecular complexity index is 987. The molecule has 4 nitrogen and oxygen atoms in total. The van der Waals surface area contributed by atoms with E-state index in [-0.39, 0.29) is 0 Å². The fourth-order valence-electron chi connectivity index (χ4n) is 3.38. The Labute approximate surface area is 201 Å². The molecule has 0 spiro atoms. The highest BCUT2D eigenvalue weighted by Gasteiger charge is 2.02. The predicted octanol–water partition coefficient (Wildman–Crippen LogP) is 6.34. The van der Waals surface area contributed by atoms with Gasteiger partial charge in [-0.25, -0.2) is 0 Å². The summed E-state index contributed by atoms with van der Waals surface area (Å²) in [5.41, 5.74) is 4.40. The third-order valence-electron chi connectivity index (χ3n) is 5.17. The Morgan fingerprint density at radius 3 is 1.56 bits per heavy atom. The smallest absolute Gasteiger partial charge is 0.120 e. The van der Waals surface area contributed by atoms with Crippen molar-refractivity contribution in [1.29, 1.82) is 0 Å². The Morgan fingerprint density at radius 1 is 0.500 bits per heavy atom. The maximum absolute atomic E-state index is 5.78. The second-order valence-corrected chi connectivity index (χ2v) is 7.74. The summed E-state index contributed by atoms with van der Waals surface area (Å²) in [6.07, 6.45) is 0. The highest BCUT2D eigenvalue weighted by Crippen LogP contribution is 2.24. The summed E-state index contributed by atoms with van der Waals surface area (Å²) < 4.78 is 22.8. The summed E-state index contributed by atoms with van der Waals surface area (Å²) in [7, 11) is 0. The zero-order valence-corrected chi connectivity index (χ0v) is 19.2. The van der Waals surface area contributed by atoms with Crippen molar-refractivity contribution < 1.29 is 18.9 Å². The van der Waals surface area contributed by atoms with Gasteiger partial charge in [0.25, 0.3) is 0 Å². The SMILES string of the molecule is [c]1cc(OCCOCc2ccccc2)ccc1-c1ccc(OCCOCc2ccccc2)cc1. The van der Waals surface area contributed by atoms with Gasteiger partial charge in [-0.2, -0.15) is 0 Å². The first-order valence-corrected chi connectivity index (χ1v) is 11.5. The molecule has 0 bridgehead atoms. The Balaban J connectivity index is 1.14. The molecule has 0 N–H and O–H groups in total. The minimum atomic E-state index is 0.501. The van der Waals surface area contributed by atoms with Gasteiger partial charge in [-0.05, 0) is 52.6 Å². The van der Waals surface area contributed by atoms with Gasteiger partial charge in [0.1, 0.15) is 24.7 Å². The van der Waals surface area contributed by atoms with Crippen LogP contribution < -0.4 is 9.47 Å². The zero-order chi connectivity index (χ0) is 23.3. The topological polar surface area (TPSA) is 36.9 Å². The van der Waals surface area contributed by atoms with Crippen molar-refractivity contribution in [1.82, 2.24) is 0 Å². The lowest BCUT2D eigenvalue weighted by atomic mass is 10.1. The molecule has 173 valence electrons. The summed E-state index contributed by atoms with van der Waals surface area (Å²) in [6.45, 7) is 3.29. The van der Waals surface area contributed by atoms with Gasteiger partial charge in [0.15, 0.2) is 0 Å². The van der Waals surface area contributed by atoms with E-state index in [0.717, 1.165) is 33.8 Å². The van der Waals surface area contributed by atoms with Gasteiger partial charge in [-0.1, -0.05) is 78.9 Å². The lowest BCUT2D eigenvalue weighted by Gasteiger charge is -2.09. The zero-order valence-electron chi connectivity index (χ0n) is 19.2. The van der Waals surface area contributed by atoms with E-state index >= 15 is 0 Å². The summed E-state index contributed by atoms with van der Waals surface area (Å²) in [5.74, 6) is 1.60. The second kappa shape index (κ2) is 13.2. The molecule has 0 unspecified atom stereocenters. The first-order chi connectivity index (χ1) is 16.9. The van der Waals surface area contributed by atoms with E-state index in [2.05, 4.69) is 30.3 Å². The summed E-state index contributed by atoms with van der Waals surface area (Å²) in [4.78, 5) is 0. The van der Waals surface area contributed by atoms with Crippen LogP contribution in [0, 0.1) is 6.07 Å². The van der Waals surface area contributed by atoms with E-state index in [4.69, 9.17) is 18.9 Å². The molecule has 0 atom stereocenters. The van der Waals surface area contributed by atoms with E-state index in [1.165, 1.54) is 0 Å². The third kappa shape index (κ3) is 7.77. The van der Waals surface area contributed by atoms with Gasteiger partial charge in [0, 0.05) is 0 Å². The van der Waals surface area contributed by atoms with Crippen LogP contribution in [0.3, 0.4) is 0 Å². The fraction of sp³-hybridized carbons (Fsp3) is 0.200. The number of hydrogen-bond donors (Lipinski definition) is 0. The molecule has 0 fully saturated rings. The van der Waals surface area contributed by atoms with Crippen LogP contribution in [0.25, 0.3) is 11.1 Å². The highest BCUT2D eigenvalue weighted by atomic mass is 16.5. The molecule has 4 aromatic rings. The Hall–Kier alpha value is -3.60. The average Bonchev–Trinajstić information content (AvgIpc) is 2.90. The number of ether oxygens (including phenoxy) is 4. The molecule has 0 saturated heterocycles. The highest BCUT2D eigenvalue weighted by molar-refractivity contribution is 5.64. The summed E-state index contributed by atoms with van der Waals surface area (Å²) >= 11 is 0. The van der Waals surface area contributed by atoms with Crippen LogP contribution >= 0.6 is 0 Å². The van der Waals surface area contributed by atoms with Crippen molar-refractivity contribution in [2.75, 3.05) is 26.4 Å². The first kappa shape index (κ1) is 23.6. The number of hydrogen-bond acceptors (Lipinski definition) is 4. The van der Waals surface area contributed by atoms with Gasteiger partial charge in [-0.15, -0.1) is 0 Å². The minimum Gasteiger partial charge on any atom is -0.491 e. The van der Waals surface area contributed by atoms with Crippen molar-refractivity contribution >= 4 is 0 Å². The van der Waals surface area contributed by atoms with Crippen molar-refractivity contribution in [2.24, 2.45) is 0 Å². The first-order valence-electron chi connectivity index (χ1n) is 11.5. The van der Waals surface area contributed by atoms with Crippen molar-refractivity contribution in [3.63, 3.8) is 0 Å². The van der Waals surface area contributed by atoms with E-state index in [1.54, 1.807) is 0 Å². The summed E-state index contributed by atoms with van der Waals surface area (Å²) in [5, 5.41) is 0. The van der Waals surface area contributed by atoms with E-state index in [9.17, 15) is 0 Å². The van der Waals surface area contributed by atoms with Crippen LogP contribution in [0.2, 0.25) is 0 Å². The van der Waals surface area contributed by atoms with Crippen LogP contribution in [-0.4, -0.2) is 26.4 Å². The number of benzene rings is 4. The Morgan fingerprint density at radius 2 is 1.03 bits per heavy atom. The van der Waals surface area contributed by atoms with E-state index in [0.29, 0.717) is 39.6 Å². The third-order valence-corrected chi connectivity index (χ3v) is 5.17. The largest absolute Gasteiger partial charge is 0.491 e. The maximum Gasteiger partial charge on any atom is 0.120 e. The molecule has 4 aromatic carbocycles. The normalized spacial score (nSPS) is 10.7. The predicted molar refractivity (Wildman–Crippen MR) is 134 cm³/mol. The van der Waals surface area contributed by atoms with Gasteiger partial charge in [0.2, 0.25) is 0 Å². The van der Waals surface area contributed by atoms with Crippen LogP contribution in [0.1, 0.15) is 11.1 Å². The van der Waals surface area contributed by atoms with Crippen molar-refractivity contribution in [3.8, 4) is 22.6 Å². The molecule has 0 aliphatic rings. The molecule has 0 amide bonds. The number of rotatable bonds is 13. The van der Waals surface area contributed by atoms with Crippen LogP contribution in [0.5, 0.6) is 11.5 Å². The Kier molecular flexibility index (Phi) is 9.14. The molecule has 4 heteroatoms. The van der Waals surface area contributed by atoms with Crippen LogP contribution in [0.15, 0.2) is 103 Å². The second-order valence-electron chi connectivity index (χ2n) is 7.74. The van der Waals surface area contributed by atoms with Gasteiger partial charge in [-0.3, -0.25) is 0 Å². The van der Waals surface area contributed by atoms with Gasteiger partial charge >= 0.3 is 0 Å². The molecule has 0 aliphatic carbocycles. The molecule has 4 rings (SSSR count). The average molecular weight is 454 g/mol. The molecule has 1 radical (unpaired) electrons. The summed E-state index contributed by atoms with van der Waals surface area (Å²) in [6, 6.07) is 37.4. The quantitative estimate of drug-likeness (QED) is 0.221. The molecule has 0 aromatic heterocycles. The van der Waals surface area contributed by atoms with Crippen molar-refractivity contribution in [2.45, 2.75) is 13.2 Å². The van der Waals surface area contributed by atoms with Gasteiger partial charge < -0.3 is 18.9 Å². The lowest BCUT2D eigenvalue weighted by molar-refractivity contribution is 0.0889. The molecule has 0 saturated carbocycles.